The molecule has 0 radical (unpaired) electrons. The van der Waals surface area contributed by atoms with Crippen molar-refractivity contribution in [2.75, 3.05) is 13.2 Å². The summed E-state index contributed by atoms with van der Waals surface area (Å²) < 4.78 is 16.9. The molecule has 6 heteroatoms. The molecule has 0 heterocycles. The summed E-state index contributed by atoms with van der Waals surface area (Å²) >= 11 is 0. The first kappa shape index (κ1) is 62.4. The number of carbonyl (C=O) groups is 3. The van der Waals surface area contributed by atoms with Crippen molar-refractivity contribution >= 4 is 17.9 Å². The first-order chi connectivity index (χ1) is 31.5. The third-order valence-electron chi connectivity index (χ3n) is 13.4. The van der Waals surface area contributed by atoms with Gasteiger partial charge in [0.05, 0.1) is 0 Å². The topological polar surface area (TPSA) is 78.9 Å². The zero-order valence-electron chi connectivity index (χ0n) is 43.6. The number of ether oxygens (including phenoxy) is 3. The minimum absolute atomic E-state index is 0.0612. The van der Waals surface area contributed by atoms with Crippen molar-refractivity contribution in [1.82, 2.24) is 0 Å². The summed E-state index contributed by atoms with van der Waals surface area (Å²) in [6.45, 7) is 6.70. The van der Waals surface area contributed by atoms with Gasteiger partial charge in [-0.15, -0.1) is 0 Å². The van der Waals surface area contributed by atoms with Gasteiger partial charge in [0, 0.05) is 19.3 Å². The van der Waals surface area contributed by atoms with E-state index in [1.54, 1.807) is 0 Å². The van der Waals surface area contributed by atoms with Crippen LogP contribution in [0, 0.1) is 0 Å². The van der Waals surface area contributed by atoms with Crippen molar-refractivity contribution in [3.05, 3.63) is 0 Å². The van der Waals surface area contributed by atoms with Gasteiger partial charge in [0.25, 0.3) is 0 Å². The molecule has 0 amide bonds. The van der Waals surface area contributed by atoms with Crippen molar-refractivity contribution in [3.8, 4) is 0 Å². The van der Waals surface area contributed by atoms with E-state index >= 15 is 0 Å². The lowest BCUT2D eigenvalue weighted by Gasteiger charge is -2.18. The maximum Gasteiger partial charge on any atom is 0.306 e. The molecular formula is C58H112O6. The van der Waals surface area contributed by atoms with Crippen molar-refractivity contribution in [2.24, 2.45) is 0 Å². The van der Waals surface area contributed by atoms with E-state index in [1.165, 1.54) is 238 Å². The fourth-order valence-electron chi connectivity index (χ4n) is 8.98. The molecule has 0 saturated heterocycles. The highest BCUT2D eigenvalue weighted by Crippen LogP contribution is 2.18. The lowest BCUT2D eigenvalue weighted by Crippen LogP contribution is -2.30. The lowest BCUT2D eigenvalue weighted by molar-refractivity contribution is -0.167. The summed E-state index contributed by atoms with van der Waals surface area (Å²) in [6, 6.07) is 0. The summed E-state index contributed by atoms with van der Waals surface area (Å²) in [5.41, 5.74) is 0. The Bertz CT molecular complexity index is 951. The van der Waals surface area contributed by atoms with Gasteiger partial charge in [-0.05, 0) is 19.3 Å². The van der Waals surface area contributed by atoms with Crippen LogP contribution in [0.5, 0.6) is 0 Å². The monoisotopic (exact) mass is 905 g/mol. The molecule has 0 spiro atoms. The maximum atomic E-state index is 12.8. The van der Waals surface area contributed by atoms with Gasteiger partial charge in [0.15, 0.2) is 6.10 Å². The van der Waals surface area contributed by atoms with Crippen molar-refractivity contribution in [3.63, 3.8) is 0 Å². The van der Waals surface area contributed by atoms with Crippen LogP contribution in [0.3, 0.4) is 0 Å². The average molecular weight is 906 g/mol. The zero-order valence-corrected chi connectivity index (χ0v) is 43.6. The van der Waals surface area contributed by atoms with E-state index < -0.39 is 6.10 Å². The van der Waals surface area contributed by atoms with Crippen LogP contribution in [-0.4, -0.2) is 37.2 Å². The lowest BCUT2D eigenvalue weighted by atomic mass is 10.0. The van der Waals surface area contributed by atoms with E-state index in [0.29, 0.717) is 19.3 Å². The molecule has 0 aliphatic carbocycles. The molecule has 0 unspecified atom stereocenters. The van der Waals surface area contributed by atoms with E-state index in [9.17, 15) is 14.4 Å². The number of hydrogen-bond donors (Lipinski definition) is 0. The van der Waals surface area contributed by atoms with E-state index in [-0.39, 0.29) is 31.1 Å². The highest BCUT2D eigenvalue weighted by atomic mass is 16.6. The Labute approximate surface area is 399 Å². The largest absolute Gasteiger partial charge is 0.462 e. The quantitative estimate of drug-likeness (QED) is 0.0344. The second-order valence-electron chi connectivity index (χ2n) is 19.9. The standard InChI is InChI=1S/C58H112O6/c1-4-7-10-13-16-19-22-24-26-28-30-32-34-36-39-42-45-48-51-57(60)63-54-55(53-62-56(59)50-47-44-41-38-21-18-15-12-9-6-3)64-58(61)52-49-46-43-40-37-35-33-31-29-27-25-23-20-17-14-11-8-5-2/h55H,4-54H2,1-3H3/t55-/m0/s1. The predicted molar refractivity (Wildman–Crippen MR) is 275 cm³/mol. The van der Waals surface area contributed by atoms with Gasteiger partial charge in [0.1, 0.15) is 13.2 Å². The molecule has 6 nitrogen and oxygen atoms in total. The summed E-state index contributed by atoms with van der Waals surface area (Å²) in [5, 5.41) is 0. The smallest absolute Gasteiger partial charge is 0.306 e. The minimum Gasteiger partial charge on any atom is -0.462 e. The molecule has 64 heavy (non-hydrogen) atoms. The van der Waals surface area contributed by atoms with Gasteiger partial charge in [-0.3, -0.25) is 14.4 Å². The number of rotatable bonds is 54. The Balaban J connectivity index is 4.22. The SMILES string of the molecule is CCCCCCCCCCCCCCCCCCCCC(=O)OC[C@H](COC(=O)CCCCCCCCCCCC)OC(=O)CCCCCCCCCCCCCCCCCCCC. The highest BCUT2D eigenvalue weighted by Gasteiger charge is 2.19. The fourth-order valence-corrected chi connectivity index (χ4v) is 8.98. The van der Waals surface area contributed by atoms with Gasteiger partial charge in [-0.1, -0.05) is 297 Å². The Morgan fingerprint density at radius 2 is 0.422 bits per heavy atom. The van der Waals surface area contributed by atoms with Crippen LogP contribution < -0.4 is 0 Å². The van der Waals surface area contributed by atoms with E-state index in [0.717, 1.165) is 57.8 Å². The molecule has 0 N–H and O–H groups in total. The molecule has 0 fully saturated rings. The predicted octanol–water partition coefficient (Wildman–Crippen LogP) is 19.2. The Hall–Kier alpha value is -1.59. The molecule has 0 aliphatic heterocycles. The third kappa shape index (κ3) is 51.4. The van der Waals surface area contributed by atoms with Crippen LogP contribution in [0.2, 0.25) is 0 Å². The second-order valence-corrected chi connectivity index (χ2v) is 19.9. The van der Waals surface area contributed by atoms with E-state index in [4.69, 9.17) is 14.2 Å². The van der Waals surface area contributed by atoms with Crippen LogP contribution in [-0.2, 0) is 28.6 Å². The van der Waals surface area contributed by atoms with Crippen LogP contribution in [0.4, 0.5) is 0 Å². The molecular weight excluding hydrogens is 793 g/mol. The number of esters is 3. The third-order valence-corrected chi connectivity index (χ3v) is 13.4. The summed E-state index contributed by atoms with van der Waals surface area (Å²) in [6.07, 6.45) is 59.5. The molecule has 0 bridgehead atoms. The van der Waals surface area contributed by atoms with Gasteiger partial charge >= 0.3 is 17.9 Å². The van der Waals surface area contributed by atoms with Crippen molar-refractivity contribution in [2.45, 2.75) is 341 Å². The molecule has 1 atom stereocenters. The van der Waals surface area contributed by atoms with Crippen LogP contribution in [0.15, 0.2) is 0 Å². The number of hydrogen-bond acceptors (Lipinski definition) is 6. The zero-order chi connectivity index (χ0) is 46.5. The normalized spacial score (nSPS) is 11.9. The molecule has 0 aromatic heterocycles. The molecule has 0 saturated carbocycles. The molecule has 380 valence electrons. The van der Waals surface area contributed by atoms with E-state index in [1.807, 2.05) is 0 Å². The Kier molecular flexibility index (Phi) is 52.7. The van der Waals surface area contributed by atoms with Crippen molar-refractivity contribution < 1.29 is 28.6 Å². The highest BCUT2D eigenvalue weighted by molar-refractivity contribution is 5.71. The van der Waals surface area contributed by atoms with Crippen LogP contribution in [0.25, 0.3) is 0 Å². The minimum atomic E-state index is -0.760. The first-order valence-electron chi connectivity index (χ1n) is 29.0. The Morgan fingerprint density at radius 3 is 0.625 bits per heavy atom. The van der Waals surface area contributed by atoms with Gasteiger partial charge < -0.3 is 14.2 Å². The van der Waals surface area contributed by atoms with E-state index in [2.05, 4.69) is 20.8 Å². The van der Waals surface area contributed by atoms with Crippen LogP contribution >= 0.6 is 0 Å². The number of unbranched alkanes of at least 4 members (excludes halogenated alkanes) is 43. The number of carbonyl (C=O) groups excluding carboxylic acids is 3. The fraction of sp³-hybridized carbons (Fsp3) is 0.948. The van der Waals surface area contributed by atoms with Crippen molar-refractivity contribution in [1.29, 1.82) is 0 Å². The molecule has 0 aromatic carbocycles. The molecule has 0 rings (SSSR count). The maximum absolute atomic E-state index is 12.8. The second kappa shape index (κ2) is 54.0. The van der Waals surface area contributed by atoms with Crippen LogP contribution in [0.1, 0.15) is 335 Å². The molecule has 0 aromatic rings. The van der Waals surface area contributed by atoms with Gasteiger partial charge in [-0.2, -0.15) is 0 Å². The van der Waals surface area contributed by atoms with Gasteiger partial charge in [0.2, 0.25) is 0 Å². The molecule has 0 aliphatic rings. The van der Waals surface area contributed by atoms with Gasteiger partial charge in [-0.25, -0.2) is 0 Å². The summed E-state index contributed by atoms with van der Waals surface area (Å²) in [5.74, 6) is -0.834. The Morgan fingerprint density at radius 1 is 0.250 bits per heavy atom. The average Bonchev–Trinajstić information content (AvgIpc) is 3.29. The summed E-state index contributed by atoms with van der Waals surface area (Å²) in [4.78, 5) is 38.1. The summed E-state index contributed by atoms with van der Waals surface area (Å²) in [7, 11) is 0. The first-order valence-corrected chi connectivity index (χ1v) is 29.0.